The van der Waals surface area contributed by atoms with Gasteiger partial charge < -0.3 is 14.5 Å². The molecule has 1 aliphatic rings. The maximum atomic E-state index is 11.9. The van der Waals surface area contributed by atoms with Crippen LogP contribution in [0.25, 0.3) is 0 Å². The lowest BCUT2D eigenvalue weighted by Crippen LogP contribution is -2.41. The summed E-state index contributed by atoms with van der Waals surface area (Å²) in [6, 6.07) is 8.74. The summed E-state index contributed by atoms with van der Waals surface area (Å²) in [6.07, 6.45) is 6.09. The van der Waals surface area contributed by atoms with Crippen molar-refractivity contribution in [2.45, 2.75) is 38.6 Å². The Morgan fingerprint density at radius 3 is 2.67 bits per heavy atom. The van der Waals surface area contributed by atoms with E-state index in [1.54, 1.807) is 12.1 Å². The Morgan fingerprint density at radius 1 is 1.07 bits per heavy atom. The Labute approximate surface area is 157 Å². The summed E-state index contributed by atoms with van der Waals surface area (Å²) in [5.41, 5.74) is 3.51. The molecule has 0 saturated heterocycles. The van der Waals surface area contributed by atoms with E-state index < -0.39 is 24.5 Å². The molecule has 0 radical (unpaired) electrons. The van der Waals surface area contributed by atoms with Gasteiger partial charge in [0.05, 0.1) is 19.2 Å². The number of hydrogen-bond acceptors (Lipinski definition) is 5. The van der Waals surface area contributed by atoms with Gasteiger partial charge in [-0.2, -0.15) is 0 Å². The fourth-order valence-corrected chi connectivity index (χ4v) is 3.05. The lowest BCUT2D eigenvalue weighted by molar-refractivity contribution is -0.147. The van der Waals surface area contributed by atoms with Crippen molar-refractivity contribution in [1.29, 1.82) is 0 Å². The summed E-state index contributed by atoms with van der Waals surface area (Å²) in [7, 11) is 0. The monoisotopic (exact) mass is 370 g/mol. The van der Waals surface area contributed by atoms with Gasteiger partial charge in [-0.25, -0.2) is 4.79 Å². The highest BCUT2D eigenvalue weighted by Crippen LogP contribution is 2.22. The average Bonchev–Trinajstić information content (AvgIpc) is 3.18. The fourth-order valence-electron chi connectivity index (χ4n) is 3.05. The lowest BCUT2D eigenvalue weighted by atomic mass is 9.90. The number of carbonyl (C=O) groups excluding carboxylic acids is 3. The Balaban J connectivity index is 1.38. The van der Waals surface area contributed by atoms with E-state index in [-0.39, 0.29) is 13.0 Å². The summed E-state index contributed by atoms with van der Waals surface area (Å²) in [4.78, 5) is 35.2. The van der Waals surface area contributed by atoms with Gasteiger partial charge in [0.25, 0.3) is 5.91 Å². The zero-order chi connectivity index (χ0) is 19.1. The van der Waals surface area contributed by atoms with Gasteiger partial charge in [0.1, 0.15) is 5.76 Å². The number of esters is 1. The zero-order valence-electron chi connectivity index (χ0n) is 15.0. The van der Waals surface area contributed by atoms with E-state index in [1.807, 2.05) is 12.1 Å². The SMILES string of the molecule is O=C(COC(=O)Cc1ccc2c(c1)CCCC2)NC(=O)NCc1ccco1. The molecule has 142 valence electrons. The normalized spacial score (nSPS) is 12.7. The third-order valence-electron chi connectivity index (χ3n) is 4.38. The Hall–Kier alpha value is -3.09. The van der Waals surface area contributed by atoms with Crippen molar-refractivity contribution in [3.63, 3.8) is 0 Å². The van der Waals surface area contributed by atoms with E-state index in [1.165, 1.54) is 30.2 Å². The van der Waals surface area contributed by atoms with Gasteiger partial charge in [-0.15, -0.1) is 0 Å². The second-order valence-electron chi connectivity index (χ2n) is 6.46. The molecular weight excluding hydrogens is 348 g/mol. The third-order valence-corrected chi connectivity index (χ3v) is 4.38. The van der Waals surface area contributed by atoms with Gasteiger partial charge in [-0.05, 0) is 54.5 Å². The van der Waals surface area contributed by atoms with Gasteiger partial charge in [0, 0.05) is 0 Å². The number of nitrogens with one attached hydrogen (secondary N) is 2. The highest BCUT2D eigenvalue weighted by molar-refractivity contribution is 5.95. The molecule has 27 heavy (non-hydrogen) atoms. The van der Waals surface area contributed by atoms with Gasteiger partial charge in [-0.3, -0.25) is 14.9 Å². The van der Waals surface area contributed by atoms with Crippen LogP contribution in [0.15, 0.2) is 41.0 Å². The van der Waals surface area contributed by atoms with Crippen LogP contribution in [0.5, 0.6) is 0 Å². The molecule has 0 bridgehead atoms. The maximum absolute atomic E-state index is 11.9. The van der Waals surface area contributed by atoms with Gasteiger partial charge in [-0.1, -0.05) is 18.2 Å². The smallest absolute Gasteiger partial charge is 0.321 e. The molecule has 2 aromatic rings. The number of imide groups is 1. The number of fused-ring (bicyclic) bond motifs is 1. The summed E-state index contributed by atoms with van der Waals surface area (Å²) in [6.45, 7) is -0.345. The van der Waals surface area contributed by atoms with E-state index >= 15 is 0 Å². The minimum absolute atomic E-state index is 0.102. The third kappa shape index (κ3) is 5.70. The number of aryl methyl sites for hydroxylation is 2. The van der Waals surface area contributed by atoms with Crippen LogP contribution in [0.3, 0.4) is 0 Å². The van der Waals surface area contributed by atoms with E-state index in [0.717, 1.165) is 18.4 Å². The molecule has 1 heterocycles. The van der Waals surface area contributed by atoms with Crippen LogP contribution in [0.2, 0.25) is 0 Å². The van der Waals surface area contributed by atoms with Crippen molar-refractivity contribution in [3.05, 3.63) is 59.0 Å². The average molecular weight is 370 g/mol. The van der Waals surface area contributed by atoms with Crippen LogP contribution in [-0.4, -0.2) is 24.5 Å². The molecular formula is C20H22N2O5. The molecule has 3 rings (SSSR count). The summed E-state index contributed by atoms with van der Waals surface area (Å²) in [5, 5.41) is 4.56. The standard InChI is InChI=1S/C20H22N2O5/c23-18(22-20(25)21-12-17-6-3-9-26-17)13-27-19(24)11-14-7-8-15-4-1-2-5-16(15)10-14/h3,6-10H,1-2,4-5,11-13H2,(H2,21,22,23,25). The number of ether oxygens (including phenoxy) is 1. The molecule has 3 amide bonds. The largest absolute Gasteiger partial charge is 0.467 e. The molecule has 2 N–H and O–H groups in total. The van der Waals surface area contributed by atoms with E-state index in [9.17, 15) is 14.4 Å². The molecule has 7 nitrogen and oxygen atoms in total. The van der Waals surface area contributed by atoms with E-state index in [4.69, 9.17) is 9.15 Å². The molecule has 0 aliphatic heterocycles. The summed E-state index contributed by atoms with van der Waals surface area (Å²) >= 11 is 0. The molecule has 0 saturated carbocycles. The Bertz CT molecular complexity index is 814. The second-order valence-corrected chi connectivity index (χ2v) is 6.46. The van der Waals surface area contributed by atoms with Crippen LogP contribution in [0.1, 0.15) is 35.3 Å². The van der Waals surface area contributed by atoms with Crippen molar-refractivity contribution >= 4 is 17.9 Å². The molecule has 7 heteroatoms. The number of urea groups is 1. The Morgan fingerprint density at radius 2 is 1.89 bits per heavy atom. The first-order valence-electron chi connectivity index (χ1n) is 8.96. The molecule has 0 spiro atoms. The molecule has 1 aromatic heterocycles. The van der Waals surface area contributed by atoms with Gasteiger partial charge in [0.2, 0.25) is 0 Å². The van der Waals surface area contributed by atoms with Crippen molar-refractivity contribution in [1.82, 2.24) is 10.6 Å². The summed E-state index contributed by atoms with van der Waals surface area (Å²) < 4.78 is 10.0. The molecule has 1 aromatic carbocycles. The molecule has 1 aliphatic carbocycles. The number of benzene rings is 1. The van der Waals surface area contributed by atoms with Gasteiger partial charge in [0.15, 0.2) is 6.61 Å². The van der Waals surface area contributed by atoms with E-state index in [2.05, 4.69) is 16.7 Å². The summed E-state index contributed by atoms with van der Waals surface area (Å²) in [5.74, 6) is -0.628. The van der Waals surface area contributed by atoms with Gasteiger partial charge >= 0.3 is 12.0 Å². The van der Waals surface area contributed by atoms with Crippen LogP contribution in [0.4, 0.5) is 4.79 Å². The van der Waals surface area contributed by atoms with E-state index in [0.29, 0.717) is 5.76 Å². The molecule has 0 unspecified atom stereocenters. The minimum atomic E-state index is -0.689. The van der Waals surface area contributed by atoms with Crippen molar-refractivity contribution in [2.75, 3.05) is 6.61 Å². The maximum Gasteiger partial charge on any atom is 0.321 e. The molecule has 0 atom stereocenters. The second kappa shape index (κ2) is 9.02. The fraction of sp³-hybridized carbons (Fsp3) is 0.350. The van der Waals surface area contributed by atoms with Crippen LogP contribution < -0.4 is 10.6 Å². The number of carbonyl (C=O) groups is 3. The first kappa shape index (κ1) is 18.7. The number of amides is 3. The molecule has 0 fully saturated rings. The zero-order valence-corrected chi connectivity index (χ0v) is 15.0. The highest BCUT2D eigenvalue weighted by atomic mass is 16.5. The number of furan rings is 1. The van der Waals surface area contributed by atoms with Crippen LogP contribution in [-0.2, 0) is 40.1 Å². The Kier molecular flexibility index (Phi) is 6.25. The van der Waals surface area contributed by atoms with Crippen LogP contribution in [0, 0.1) is 0 Å². The lowest BCUT2D eigenvalue weighted by Gasteiger charge is -2.16. The topological polar surface area (TPSA) is 97.6 Å². The van der Waals surface area contributed by atoms with Crippen molar-refractivity contribution in [3.8, 4) is 0 Å². The van der Waals surface area contributed by atoms with Crippen LogP contribution >= 0.6 is 0 Å². The quantitative estimate of drug-likeness (QED) is 0.760. The number of hydrogen-bond donors (Lipinski definition) is 2. The first-order chi connectivity index (χ1) is 13.1. The predicted molar refractivity (Wildman–Crippen MR) is 96.8 cm³/mol. The van der Waals surface area contributed by atoms with Crippen molar-refractivity contribution in [2.24, 2.45) is 0 Å². The van der Waals surface area contributed by atoms with Crippen molar-refractivity contribution < 1.29 is 23.5 Å². The predicted octanol–water partition coefficient (Wildman–Crippen LogP) is 2.27. The first-order valence-corrected chi connectivity index (χ1v) is 8.96. The number of rotatable bonds is 6. The minimum Gasteiger partial charge on any atom is -0.467 e. The highest BCUT2D eigenvalue weighted by Gasteiger charge is 2.14.